The number of amides is 1. The third-order valence-corrected chi connectivity index (χ3v) is 8.01. The van der Waals surface area contributed by atoms with Crippen LogP contribution in [0.1, 0.15) is 87.6 Å². The quantitative estimate of drug-likeness (QED) is 0.447. The fourth-order valence-corrected chi connectivity index (χ4v) is 5.55. The zero-order chi connectivity index (χ0) is 30.5. The van der Waals surface area contributed by atoms with Crippen LogP contribution in [-0.4, -0.2) is 52.9 Å². The lowest BCUT2D eigenvalue weighted by atomic mass is 9.79. The molecule has 1 amide bonds. The Balaban J connectivity index is 0.000000298. The molecule has 224 valence electrons. The van der Waals surface area contributed by atoms with E-state index in [0.29, 0.717) is 23.9 Å². The number of hydrogen-bond donors (Lipinski definition) is 2. The number of benzene rings is 2. The summed E-state index contributed by atoms with van der Waals surface area (Å²) >= 11 is 0. The van der Waals surface area contributed by atoms with E-state index in [-0.39, 0.29) is 12.0 Å². The normalized spacial score (nSPS) is 17.7. The first-order valence-electron chi connectivity index (χ1n) is 14.4. The maximum absolute atomic E-state index is 12.5. The van der Waals surface area contributed by atoms with Crippen molar-refractivity contribution in [1.29, 1.82) is 0 Å². The Kier molecular flexibility index (Phi) is 11.0. The molecule has 0 aromatic heterocycles. The van der Waals surface area contributed by atoms with Crippen LogP contribution < -0.4 is 10.9 Å². The minimum atomic E-state index is -1.36. The number of rotatable bonds is 5. The third kappa shape index (κ3) is 9.02. The monoisotopic (exact) mass is 580 g/mol. The van der Waals surface area contributed by atoms with Crippen LogP contribution in [0.5, 0.6) is 0 Å². The molecule has 2 atom stereocenters. The van der Waals surface area contributed by atoms with E-state index in [1.807, 2.05) is 51.9 Å². The number of allylic oxidation sites excluding steroid dienone is 2. The molecule has 4 rings (SSSR count). The predicted octanol–water partition coefficient (Wildman–Crippen LogP) is 6.07. The number of nitrogens with two attached hydrogens (primary N) is 2. The first-order valence-corrected chi connectivity index (χ1v) is 15.6. The minimum Gasteiger partial charge on any atom is -0.444 e. The molecule has 0 spiro atoms. The number of fused-ring (bicyclic) bond motifs is 1. The Morgan fingerprint density at radius 1 is 1.15 bits per heavy atom. The van der Waals surface area contributed by atoms with Crippen molar-refractivity contribution >= 4 is 22.7 Å². The molecule has 2 aromatic carbocycles. The van der Waals surface area contributed by atoms with Crippen LogP contribution in [0.25, 0.3) is 5.57 Å². The van der Waals surface area contributed by atoms with Crippen molar-refractivity contribution in [2.45, 2.75) is 83.3 Å². The van der Waals surface area contributed by atoms with E-state index in [1.54, 1.807) is 12.1 Å². The standard InChI is InChI=1S/C24H34N2O2.C9H14N2OS/c1-15(2)20-12-18(13-21-16(3)22(25)10-9-19(20)21)17-8-7-11-26(14-17)23(27)28-24(4,5)6;1-11(2)7-8-3-5-9(6-4-8)13(10)12/h8,10,12-13,15-16H,7,9,11,14,25H2,1-6H3;3-6H,7,10H2,1-2H3. The second kappa shape index (κ2) is 13.8. The molecule has 1 heterocycles. The summed E-state index contributed by atoms with van der Waals surface area (Å²) < 4.78 is 16.4. The van der Waals surface area contributed by atoms with E-state index in [1.165, 1.54) is 33.4 Å². The van der Waals surface area contributed by atoms with Crippen molar-refractivity contribution in [3.63, 3.8) is 0 Å². The van der Waals surface area contributed by atoms with Gasteiger partial charge in [0.25, 0.3) is 0 Å². The van der Waals surface area contributed by atoms with Crippen LogP contribution in [-0.2, 0) is 28.7 Å². The highest BCUT2D eigenvalue weighted by molar-refractivity contribution is 7.82. The van der Waals surface area contributed by atoms with Crippen LogP contribution in [0, 0.1) is 0 Å². The Hall–Kier alpha value is -2.94. The molecular formula is C33H48N4O3S. The average molecular weight is 581 g/mol. The van der Waals surface area contributed by atoms with Gasteiger partial charge in [0.1, 0.15) is 16.6 Å². The maximum atomic E-state index is 12.5. The summed E-state index contributed by atoms with van der Waals surface area (Å²) in [4.78, 5) is 17.1. The third-order valence-electron chi connectivity index (χ3n) is 7.28. The van der Waals surface area contributed by atoms with Gasteiger partial charge in [-0.15, -0.1) is 0 Å². The maximum Gasteiger partial charge on any atom is 0.410 e. The highest BCUT2D eigenvalue weighted by Gasteiger charge is 2.27. The van der Waals surface area contributed by atoms with Crippen LogP contribution in [0.3, 0.4) is 0 Å². The van der Waals surface area contributed by atoms with Crippen LogP contribution in [0.15, 0.2) is 59.1 Å². The van der Waals surface area contributed by atoms with E-state index in [4.69, 9.17) is 15.6 Å². The molecule has 8 heteroatoms. The summed E-state index contributed by atoms with van der Waals surface area (Å²) in [6, 6.07) is 12.1. The molecule has 1 aliphatic carbocycles. The van der Waals surface area contributed by atoms with Crippen molar-refractivity contribution in [2.75, 3.05) is 27.2 Å². The summed E-state index contributed by atoms with van der Waals surface area (Å²) in [5, 5.41) is 5.23. The zero-order valence-electron chi connectivity index (χ0n) is 26.0. The summed E-state index contributed by atoms with van der Waals surface area (Å²) in [7, 11) is 2.65. The highest BCUT2D eigenvalue weighted by atomic mass is 32.2. The minimum absolute atomic E-state index is 0.229. The molecule has 7 nitrogen and oxygen atoms in total. The lowest BCUT2D eigenvalue weighted by molar-refractivity contribution is 0.0273. The van der Waals surface area contributed by atoms with Crippen molar-refractivity contribution in [3.05, 3.63) is 82.1 Å². The van der Waals surface area contributed by atoms with Gasteiger partial charge in [-0.25, -0.2) is 14.1 Å². The van der Waals surface area contributed by atoms with Gasteiger partial charge in [0.2, 0.25) is 0 Å². The van der Waals surface area contributed by atoms with E-state index in [0.717, 1.165) is 25.1 Å². The molecule has 2 aromatic rings. The van der Waals surface area contributed by atoms with Gasteiger partial charge in [0, 0.05) is 31.2 Å². The van der Waals surface area contributed by atoms with Gasteiger partial charge in [-0.3, -0.25) is 0 Å². The van der Waals surface area contributed by atoms with Gasteiger partial charge < -0.3 is 20.3 Å². The van der Waals surface area contributed by atoms with E-state index < -0.39 is 16.6 Å². The molecule has 1 aliphatic heterocycles. The van der Waals surface area contributed by atoms with Crippen molar-refractivity contribution in [3.8, 4) is 0 Å². The van der Waals surface area contributed by atoms with Crippen LogP contribution >= 0.6 is 0 Å². The molecule has 2 unspecified atom stereocenters. The Bertz CT molecular complexity index is 1310. The summed E-state index contributed by atoms with van der Waals surface area (Å²) in [5.41, 5.74) is 14.4. The number of carbonyl (C=O) groups excluding carboxylic acids is 1. The SMILES string of the molecule is CC(C)c1cc(C2=CCCN(C(=O)OC(C)(C)C)C2)cc2c1CC=C(N)C2C.CN(C)Cc1ccc(S(N)=O)cc1. The Morgan fingerprint density at radius 3 is 2.37 bits per heavy atom. The largest absolute Gasteiger partial charge is 0.444 e. The second-order valence-electron chi connectivity index (χ2n) is 12.5. The van der Waals surface area contributed by atoms with Crippen LogP contribution in [0.4, 0.5) is 4.79 Å². The molecule has 41 heavy (non-hydrogen) atoms. The predicted molar refractivity (Wildman–Crippen MR) is 170 cm³/mol. The Morgan fingerprint density at radius 2 is 1.80 bits per heavy atom. The van der Waals surface area contributed by atoms with E-state index in [9.17, 15) is 9.00 Å². The topological polar surface area (TPSA) is 102 Å². The Labute approximate surface area is 249 Å². The molecule has 0 fully saturated rings. The van der Waals surface area contributed by atoms with Crippen molar-refractivity contribution in [1.82, 2.24) is 9.80 Å². The lowest BCUT2D eigenvalue weighted by Gasteiger charge is -2.32. The first-order chi connectivity index (χ1) is 19.2. The van der Waals surface area contributed by atoms with Gasteiger partial charge >= 0.3 is 6.09 Å². The van der Waals surface area contributed by atoms with Gasteiger partial charge in [-0.2, -0.15) is 0 Å². The van der Waals surface area contributed by atoms with Crippen molar-refractivity contribution < 1.29 is 13.7 Å². The van der Waals surface area contributed by atoms with Gasteiger partial charge in [-0.1, -0.05) is 57.2 Å². The van der Waals surface area contributed by atoms with Crippen molar-refractivity contribution in [2.24, 2.45) is 10.9 Å². The zero-order valence-corrected chi connectivity index (χ0v) is 26.8. The van der Waals surface area contributed by atoms with Gasteiger partial charge in [0.05, 0.1) is 4.90 Å². The van der Waals surface area contributed by atoms with Crippen LogP contribution in [0.2, 0.25) is 0 Å². The van der Waals surface area contributed by atoms with E-state index in [2.05, 4.69) is 50.0 Å². The fraction of sp³-hybridized carbons (Fsp3) is 0.485. The number of ether oxygens (including phenoxy) is 1. The molecule has 4 N–H and O–H groups in total. The van der Waals surface area contributed by atoms with E-state index >= 15 is 0 Å². The molecule has 2 aliphatic rings. The first kappa shape index (κ1) is 32.6. The summed E-state index contributed by atoms with van der Waals surface area (Å²) in [6.07, 6.45) is 5.94. The second-order valence-corrected chi connectivity index (χ2v) is 13.6. The number of hydrogen-bond acceptors (Lipinski definition) is 5. The molecular weight excluding hydrogens is 532 g/mol. The van der Waals surface area contributed by atoms with Gasteiger partial charge in [0.15, 0.2) is 0 Å². The highest BCUT2D eigenvalue weighted by Crippen LogP contribution is 2.37. The fourth-order valence-electron chi connectivity index (χ4n) is 5.15. The lowest BCUT2D eigenvalue weighted by Crippen LogP contribution is -2.39. The average Bonchev–Trinajstić information content (AvgIpc) is 2.89. The van der Waals surface area contributed by atoms with Gasteiger partial charge in [-0.05, 0) is 99.1 Å². The summed E-state index contributed by atoms with van der Waals surface area (Å²) in [6.45, 7) is 14.6. The molecule has 0 radical (unpaired) electrons. The number of carbonyl (C=O) groups is 1. The molecule has 0 saturated carbocycles. The smallest absolute Gasteiger partial charge is 0.410 e. The summed E-state index contributed by atoms with van der Waals surface area (Å²) in [5.74, 6) is 0.673. The number of nitrogens with zero attached hydrogens (tertiary/aromatic N) is 2. The molecule has 0 bridgehead atoms. The molecule has 0 saturated heterocycles.